The highest BCUT2D eigenvalue weighted by Gasteiger charge is 2.22. The van der Waals surface area contributed by atoms with Crippen molar-refractivity contribution in [3.8, 4) is 33.9 Å². The van der Waals surface area contributed by atoms with E-state index in [-0.39, 0.29) is 0 Å². The van der Waals surface area contributed by atoms with Crippen LogP contribution in [0.15, 0.2) is 120 Å². The minimum Gasteiger partial charge on any atom is -0.453 e. The van der Waals surface area contributed by atoms with Crippen LogP contribution in [0.2, 0.25) is 0 Å². The SMILES string of the molecule is c1ccc(-c2cc3ccccn3c2-c2oc(-c3ccccc3)c3ccccc23)cc1. The first kappa shape index (κ1) is 16.9. The summed E-state index contributed by atoms with van der Waals surface area (Å²) in [6.45, 7) is 0. The Balaban J connectivity index is 1.72. The summed E-state index contributed by atoms with van der Waals surface area (Å²) in [6, 6.07) is 37.8. The smallest absolute Gasteiger partial charge is 0.160 e. The molecule has 0 spiro atoms. The van der Waals surface area contributed by atoms with Gasteiger partial charge in [0.2, 0.25) is 0 Å². The Labute approximate surface area is 174 Å². The second-order valence-electron chi connectivity index (χ2n) is 7.44. The second-order valence-corrected chi connectivity index (χ2v) is 7.44. The first-order chi connectivity index (χ1) is 14.9. The van der Waals surface area contributed by atoms with E-state index in [1.54, 1.807) is 0 Å². The van der Waals surface area contributed by atoms with Gasteiger partial charge in [-0.25, -0.2) is 0 Å². The summed E-state index contributed by atoms with van der Waals surface area (Å²) >= 11 is 0. The van der Waals surface area contributed by atoms with Crippen molar-refractivity contribution in [2.75, 3.05) is 0 Å². The summed E-state index contributed by atoms with van der Waals surface area (Å²) in [5.74, 6) is 1.81. The van der Waals surface area contributed by atoms with E-state index in [0.29, 0.717) is 0 Å². The molecular weight excluding hydrogens is 366 g/mol. The topological polar surface area (TPSA) is 17.6 Å². The Kier molecular flexibility index (Phi) is 3.82. The quantitative estimate of drug-likeness (QED) is 0.305. The van der Waals surface area contributed by atoms with Gasteiger partial charge in [0.05, 0.1) is 5.69 Å². The molecule has 0 amide bonds. The Morgan fingerprint density at radius 2 is 1.13 bits per heavy atom. The summed E-state index contributed by atoms with van der Waals surface area (Å²) in [6.07, 6.45) is 2.11. The number of furan rings is 1. The Hall–Kier alpha value is -4.04. The fourth-order valence-electron chi connectivity index (χ4n) is 4.26. The first-order valence-electron chi connectivity index (χ1n) is 10.1. The van der Waals surface area contributed by atoms with Crippen molar-refractivity contribution in [1.82, 2.24) is 4.40 Å². The van der Waals surface area contributed by atoms with Crippen molar-refractivity contribution in [2.45, 2.75) is 0 Å². The summed E-state index contributed by atoms with van der Waals surface area (Å²) in [5, 5.41) is 2.25. The molecule has 3 aromatic heterocycles. The third-order valence-corrected chi connectivity index (χ3v) is 5.64. The van der Waals surface area contributed by atoms with Gasteiger partial charge in [-0.2, -0.15) is 0 Å². The molecule has 0 bridgehead atoms. The third kappa shape index (κ3) is 2.58. The van der Waals surface area contributed by atoms with Crippen LogP contribution < -0.4 is 0 Å². The van der Waals surface area contributed by atoms with Gasteiger partial charge in [-0.3, -0.25) is 0 Å². The molecule has 142 valence electrons. The Morgan fingerprint density at radius 3 is 1.87 bits per heavy atom. The molecule has 0 aliphatic heterocycles. The fraction of sp³-hybridized carbons (Fsp3) is 0. The number of rotatable bonds is 3. The van der Waals surface area contributed by atoms with Crippen molar-refractivity contribution in [3.05, 3.63) is 115 Å². The van der Waals surface area contributed by atoms with E-state index in [1.165, 1.54) is 11.1 Å². The van der Waals surface area contributed by atoms with Crippen LogP contribution in [0.3, 0.4) is 0 Å². The third-order valence-electron chi connectivity index (χ3n) is 5.64. The van der Waals surface area contributed by atoms with Gasteiger partial charge in [0.1, 0.15) is 5.76 Å². The lowest BCUT2D eigenvalue weighted by Crippen LogP contribution is -1.88. The molecule has 2 heteroatoms. The molecule has 3 heterocycles. The molecule has 2 nitrogen and oxygen atoms in total. The second kappa shape index (κ2) is 6.78. The summed E-state index contributed by atoms with van der Waals surface area (Å²) < 4.78 is 8.87. The van der Waals surface area contributed by atoms with Crippen LogP contribution in [0.4, 0.5) is 0 Å². The van der Waals surface area contributed by atoms with E-state index in [2.05, 4.69) is 102 Å². The molecule has 0 unspecified atom stereocenters. The minimum atomic E-state index is 0.898. The number of pyridine rings is 1. The molecule has 6 rings (SSSR count). The molecule has 0 aliphatic carbocycles. The minimum absolute atomic E-state index is 0.898. The van der Waals surface area contributed by atoms with E-state index in [4.69, 9.17) is 4.42 Å². The lowest BCUT2D eigenvalue weighted by Gasteiger charge is -2.06. The van der Waals surface area contributed by atoms with Gasteiger partial charge >= 0.3 is 0 Å². The van der Waals surface area contributed by atoms with Crippen molar-refractivity contribution < 1.29 is 4.42 Å². The fourth-order valence-corrected chi connectivity index (χ4v) is 4.26. The van der Waals surface area contributed by atoms with Gasteiger partial charge < -0.3 is 8.82 Å². The molecule has 0 fully saturated rings. The monoisotopic (exact) mass is 385 g/mol. The van der Waals surface area contributed by atoms with E-state index < -0.39 is 0 Å². The number of fused-ring (bicyclic) bond motifs is 2. The molecule has 0 N–H and O–H groups in total. The number of benzene rings is 3. The zero-order valence-electron chi connectivity index (χ0n) is 16.3. The maximum absolute atomic E-state index is 6.65. The van der Waals surface area contributed by atoms with Gasteiger partial charge in [-0.05, 0) is 23.8 Å². The normalized spacial score (nSPS) is 11.3. The summed E-state index contributed by atoms with van der Waals surface area (Å²) in [7, 11) is 0. The average Bonchev–Trinajstić information content (AvgIpc) is 3.39. The molecule has 0 atom stereocenters. The van der Waals surface area contributed by atoms with E-state index in [0.717, 1.165) is 39.1 Å². The number of nitrogens with zero attached hydrogens (tertiary/aromatic N) is 1. The molecular formula is C28H19NO. The first-order valence-corrected chi connectivity index (χ1v) is 10.1. The molecule has 0 radical (unpaired) electrons. The van der Waals surface area contributed by atoms with Crippen LogP contribution in [0.5, 0.6) is 0 Å². The highest BCUT2D eigenvalue weighted by atomic mass is 16.3. The van der Waals surface area contributed by atoms with Crippen molar-refractivity contribution in [2.24, 2.45) is 0 Å². The maximum atomic E-state index is 6.65. The number of hydrogen-bond donors (Lipinski definition) is 0. The van der Waals surface area contributed by atoms with Crippen LogP contribution in [-0.2, 0) is 0 Å². The summed E-state index contributed by atoms with van der Waals surface area (Å²) in [5.41, 5.74) is 5.66. The van der Waals surface area contributed by atoms with Crippen LogP contribution in [-0.4, -0.2) is 4.40 Å². The largest absolute Gasteiger partial charge is 0.453 e. The highest BCUT2D eigenvalue weighted by Crippen LogP contribution is 2.43. The number of hydrogen-bond acceptors (Lipinski definition) is 1. The van der Waals surface area contributed by atoms with Crippen molar-refractivity contribution in [1.29, 1.82) is 0 Å². The standard InChI is InChI=1S/C28H19NO/c1-3-11-20(12-4-1)25-19-22-15-9-10-18-29(22)26(25)28-24-17-8-7-16-23(24)27(30-28)21-13-5-2-6-14-21/h1-19H. The summed E-state index contributed by atoms with van der Waals surface area (Å²) in [4.78, 5) is 0. The van der Waals surface area contributed by atoms with Gasteiger partial charge in [-0.1, -0.05) is 91.0 Å². The zero-order chi connectivity index (χ0) is 19.9. The van der Waals surface area contributed by atoms with Crippen LogP contribution in [0, 0.1) is 0 Å². The lowest BCUT2D eigenvalue weighted by atomic mass is 10.0. The average molecular weight is 385 g/mol. The van der Waals surface area contributed by atoms with E-state index in [1.807, 2.05) is 18.2 Å². The molecule has 6 aromatic rings. The predicted molar refractivity (Wildman–Crippen MR) is 123 cm³/mol. The van der Waals surface area contributed by atoms with Crippen LogP contribution in [0.1, 0.15) is 0 Å². The molecule has 0 saturated carbocycles. The predicted octanol–water partition coefficient (Wildman–Crippen LogP) is 7.69. The molecule has 0 saturated heterocycles. The zero-order valence-corrected chi connectivity index (χ0v) is 16.3. The number of aromatic nitrogens is 1. The van der Waals surface area contributed by atoms with Crippen molar-refractivity contribution >= 4 is 16.3 Å². The van der Waals surface area contributed by atoms with Crippen LogP contribution in [0.25, 0.3) is 50.2 Å². The van der Waals surface area contributed by atoms with Crippen LogP contribution >= 0.6 is 0 Å². The Morgan fingerprint density at radius 1 is 0.533 bits per heavy atom. The van der Waals surface area contributed by atoms with E-state index >= 15 is 0 Å². The van der Waals surface area contributed by atoms with Gasteiger partial charge in [0.15, 0.2) is 5.76 Å². The molecule has 0 aliphatic rings. The van der Waals surface area contributed by atoms with Gasteiger partial charge in [0, 0.05) is 33.6 Å². The Bertz CT molecular complexity index is 1470. The van der Waals surface area contributed by atoms with E-state index in [9.17, 15) is 0 Å². The molecule has 30 heavy (non-hydrogen) atoms. The van der Waals surface area contributed by atoms with Gasteiger partial charge in [-0.15, -0.1) is 0 Å². The van der Waals surface area contributed by atoms with Crippen molar-refractivity contribution in [3.63, 3.8) is 0 Å². The highest BCUT2D eigenvalue weighted by molar-refractivity contribution is 6.04. The molecule has 3 aromatic carbocycles. The lowest BCUT2D eigenvalue weighted by molar-refractivity contribution is 0.599. The van der Waals surface area contributed by atoms with Gasteiger partial charge in [0.25, 0.3) is 0 Å². The maximum Gasteiger partial charge on any atom is 0.160 e.